The number of carbonyl (C=O) groups excluding carboxylic acids is 2. The summed E-state index contributed by atoms with van der Waals surface area (Å²) in [6.07, 6.45) is 2.87. The van der Waals surface area contributed by atoms with Gasteiger partial charge < -0.3 is 15.3 Å². The summed E-state index contributed by atoms with van der Waals surface area (Å²) in [6.45, 7) is 2.61. The summed E-state index contributed by atoms with van der Waals surface area (Å²) in [4.78, 5) is 25.3. The first-order valence-electron chi connectivity index (χ1n) is 6.95. The van der Waals surface area contributed by atoms with E-state index in [1.165, 1.54) is 4.90 Å². The van der Waals surface area contributed by atoms with Crippen molar-refractivity contribution in [2.75, 3.05) is 25.0 Å². The summed E-state index contributed by atoms with van der Waals surface area (Å²) in [7, 11) is 0. The Morgan fingerprint density at radius 2 is 1.85 bits per heavy atom. The number of nitrogens with zero attached hydrogens (tertiary/aromatic N) is 1. The van der Waals surface area contributed by atoms with Crippen LogP contribution < -0.4 is 5.32 Å². The van der Waals surface area contributed by atoms with Gasteiger partial charge in [-0.15, -0.1) is 0 Å². The van der Waals surface area contributed by atoms with Crippen LogP contribution in [-0.4, -0.2) is 41.5 Å². The molecule has 1 rings (SSSR count). The Balaban J connectivity index is 2.56. The van der Waals surface area contributed by atoms with E-state index in [2.05, 4.69) is 12.2 Å². The van der Waals surface area contributed by atoms with Crippen molar-refractivity contribution >= 4 is 17.5 Å². The second-order valence-electron chi connectivity index (χ2n) is 4.54. The predicted octanol–water partition coefficient (Wildman–Crippen LogP) is 1.64. The molecule has 0 saturated carbocycles. The number of amides is 2. The van der Waals surface area contributed by atoms with E-state index in [1.807, 2.05) is 6.07 Å². The fraction of sp³-hybridized carbons (Fsp3) is 0.467. The number of benzene rings is 1. The van der Waals surface area contributed by atoms with Gasteiger partial charge in [0.05, 0.1) is 6.61 Å². The zero-order chi connectivity index (χ0) is 14.8. The maximum absolute atomic E-state index is 12.0. The molecule has 0 radical (unpaired) electrons. The molecule has 0 unspecified atom stereocenters. The Bertz CT molecular complexity index is 420. The summed E-state index contributed by atoms with van der Waals surface area (Å²) in [5, 5.41) is 11.5. The monoisotopic (exact) mass is 278 g/mol. The molecule has 0 aliphatic heterocycles. The number of aliphatic hydroxyl groups excluding tert-OH is 1. The average Bonchev–Trinajstić information content (AvgIpc) is 2.47. The number of para-hydroxylation sites is 1. The first-order chi connectivity index (χ1) is 9.69. The number of anilines is 1. The van der Waals surface area contributed by atoms with E-state index in [9.17, 15) is 9.59 Å². The second-order valence-corrected chi connectivity index (χ2v) is 4.54. The van der Waals surface area contributed by atoms with Gasteiger partial charge >= 0.3 is 11.8 Å². The minimum absolute atomic E-state index is 0.142. The van der Waals surface area contributed by atoms with Gasteiger partial charge in [0.15, 0.2) is 0 Å². The Morgan fingerprint density at radius 3 is 2.45 bits per heavy atom. The Kier molecular flexibility index (Phi) is 7.35. The molecule has 110 valence electrons. The van der Waals surface area contributed by atoms with Crippen LogP contribution in [-0.2, 0) is 9.59 Å². The van der Waals surface area contributed by atoms with Crippen molar-refractivity contribution in [2.24, 2.45) is 0 Å². The predicted molar refractivity (Wildman–Crippen MR) is 78.3 cm³/mol. The van der Waals surface area contributed by atoms with Crippen molar-refractivity contribution in [3.05, 3.63) is 30.3 Å². The van der Waals surface area contributed by atoms with E-state index in [0.717, 1.165) is 19.3 Å². The highest BCUT2D eigenvalue weighted by Gasteiger charge is 2.21. The third kappa shape index (κ3) is 5.40. The van der Waals surface area contributed by atoms with Crippen LogP contribution in [0.3, 0.4) is 0 Å². The molecule has 0 aromatic heterocycles. The number of aliphatic hydroxyl groups is 1. The van der Waals surface area contributed by atoms with Gasteiger partial charge in [0.25, 0.3) is 0 Å². The van der Waals surface area contributed by atoms with Gasteiger partial charge in [-0.25, -0.2) is 0 Å². The van der Waals surface area contributed by atoms with Crippen molar-refractivity contribution in [3.8, 4) is 0 Å². The molecule has 1 aromatic carbocycles. The maximum atomic E-state index is 12.0. The van der Waals surface area contributed by atoms with Gasteiger partial charge in [0.1, 0.15) is 0 Å². The first-order valence-corrected chi connectivity index (χ1v) is 6.95. The van der Waals surface area contributed by atoms with Crippen LogP contribution in [0.2, 0.25) is 0 Å². The highest BCUT2D eigenvalue weighted by atomic mass is 16.3. The topological polar surface area (TPSA) is 69.6 Å². The lowest BCUT2D eigenvalue weighted by molar-refractivity contribution is -0.143. The highest BCUT2D eigenvalue weighted by Crippen LogP contribution is 2.06. The van der Waals surface area contributed by atoms with Crippen LogP contribution in [0.5, 0.6) is 0 Å². The lowest BCUT2D eigenvalue weighted by Crippen LogP contribution is -2.41. The molecule has 0 fully saturated rings. The quantitative estimate of drug-likeness (QED) is 0.588. The average molecular weight is 278 g/mol. The smallest absolute Gasteiger partial charge is 0.313 e. The van der Waals surface area contributed by atoms with E-state index in [0.29, 0.717) is 12.2 Å². The van der Waals surface area contributed by atoms with Crippen LogP contribution in [0, 0.1) is 0 Å². The zero-order valence-electron chi connectivity index (χ0n) is 11.8. The molecule has 2 N–H and O–H groups in total. The van der Waals surface area contributed by atoms with E-state index >= 15 is 0 Å². The maximum Gasteiger partial charge on any atom is 0.313 e. The normalized spacial score (nSPS) is 10.1. The molecule has 0 atom stereocenters. The molecule has 5 nitrogen and oxygen atoms in total. The highest BCUT2D eigenvalue weighted by molar-refractivity contribution is 6.39. The number of nitrogens with one attached hydrogen (secondary N) is 1. The summed E-state index contributed by atoms with van der Waals surface area (Å²) in [5.41, 5.74) is 0.586. The molecule has 0 bridgehead atoms. The number of unbranched alkanes of at least 4 members (excludes halogenated alkanes) is 2. The fourth-order valence-electron chi connectivity index (χ4n) is 1.84. The summed E-state index contributed by atoms with van der Waals surface area (Å²) in [6, 6.07) is 8.84. The third-order valence-corrected chi connectivity index (χ3v) is 2.91. The van der Waals surface area contributed by atoms with Crippen LogP contribution in [0.15, 0.2) is 30.3 Å². The Morgan fingerprint density at radius 1 is 1.15 bits per heavy atom. The van der Waals surface area contributed by atoms with Crippen LogP contribution in [0.4, 0.5) is 5.69 Å². The van der Waals surface area contributed by atoms with Gasteiger partial charge in [-0.2, -0.15) is 0 Å². The molecule has 1 aromatic rings. The zero-order valence-corrected chi connectivity index (χ0v) is 11.8. The second kappa shape index (κ2) is 9.09. The molecule has 0 saturated heterocycles. The first kappa shape index (κ1) is 16.2. The molecule has 0 heterocycles. The van der Waals surface area contributed by atoms with E-state index in [1.54, 1.807) is 24.3 Å². The molecule has 0 spiro atoms. The largest absolute Gasteiger partial charge is 0.395 e. The van der Waals surface area contributed by atoms with Crippen molar-refractivity contribution < 1.29 is 14.7 Å². The SMILES string of the molecule is CCCCCN(CCO)C(=O)C(=O)Nc1ccccc1. The molecule has 2 amide bonds. The van der Waals surface area contributed by atoms with Gasteiger partial charge in [-0.1, -0.05) is 38.0 Å². The number of rotatable bonds is 7. The van der Waals surface area contributed by atoms with Gasteiger partial charge in [-0.3, -0.25) is 9.59 Å². The Labute approximate surface area is 119 Å². The van der Waals surface area contributed by atoms with Crippen molar-refractivity contribution in [3.63, 3.8) is 0 Å². The van der Waals surface area contributed by atoms with E-state index in [-0.39, 0.29) is 13.2 Å². The molecule has 0 aliphatic rings. The molecular formula is C15H22N2O3. The van der Waals surface area contributed by atoms with E-state index < -0.39 is 11.8 Å². The summed E-state index contributed by atoms with van der Waals surface area (Å²) in [5.74, 6) is -1.26. The van der Waals surface area contributed by atoms with Crippen LogP contribution >= 0.6 is 0 Å². The van der Waals surface area contributed by atoms with Crippen molar-refractivity contribution in [2.45, 2.75) is 26.2 Å². The molecule has 5 heteroatoms. The molecule has 20 heavy (non-hydrogen) atoms. The van der Waals surface area contributed by atoms with E-state index in [4.69, 9.17) is 5.11 Å². The van der Waals surface area contributed by atoms with Crippen LogP contribution in [0.25, 0.3) is 0 Å². The lowest BCUT2D eigenvalue weighted by Gasteiger charge is -2.21. The minimum Gasteiger partial charge on any atom is -0.395 e. The lowest BCUT2D eigenvalue weighted by atomic mass is 10.2. The Hall–Kier alpha value is -1.88. The van der Waals surface area contributed by atoms with Crippen LogP contribution in [0.1, 0.15) is 26.2 Å². The van der Waals surface area contributed by atoms with Gasteiger partial charge in [0, 0.05) is 18.8 Å². The summed E-state index contributed by atoms with van der Waals surface area (Å²) >= 11 is 0. The minimum atomic E-state index is -0.666. The van der Waals surface area contributed by atoms with Gasteiger partial charge in [-0.05, 0) is 18.6 Å². The third-order valence-electron chi connectivity index (χ3n) is 2.91. The molecule has 0 aliphatic carbocycles. The molecular weight excluding hydrogens is 256 g/mol. The number of hydrogen-bond acceptors (Lipinski definition) is 3. The fourth-order valence-corrected chi connectivity index (χ4v) is 1.84. The van der Waals surface area contributed by atoms with Gasteiger partial charge in [0.2, 0.25) is 0 Å². The number of hydrogen-bond donors (Lipinski definition) is 2. The summed E-state index contributed by atoms with van der Waals surface area (Å²) < 4.78 is 0. The van der Waals surface area contributed by atoms with Crippen molar-refractivity contribution in [1.82, 2.24) is 4.90 Å². The standard InChI is InChI=1S/C15H22N2O3/c1-2-3-7-10-17(11-12-18)15(20)14(19)16-13-8-5-4-6-9-13/h4-6,8-9,18H,2-3,7,10-12H2,1H3,(H,16,19). The van der Waals surface area contributed by atoms with Crippen molar-refractivity contribution in [1.29, 1.82) is 0 Å². The number of carbonyl (C=O) groups is 2.